The van der Waals surface area contributed by atoms with Crippen molar-refractivity contribution >= 4 is 50.4 Å². The number of nitrogens with one attached hydrogen (secondary N) is 1. The van der Waals surface area contributed by atoms with Gasteiger partial charge in [-0.25, -0.2) is 13.4 Å². The third-order valence-corrected chi connectivity index (χ3v) is 6.60. The Bertz CT molecular complexity index is 713. The fourth-order valence-electron chi connectivity index (χ4n) is 1.62. The number of thiazole rings is 1. The van der Waals surface area contributed by atoms with E-state index in [1.54, 1.807) is 30.8 Å². The van der Waals surface area contributed by atoms with Gasteiger partial charge in [0.05, 0.1) is 11.4 Å². The zero-order valence-electron chi connectivity index (χ0n) is 10.9. The largest absolute Gasteiger partial charge is 0.278 e. The second kappa shape index (κ2) is 6.34. The maximum atomic E-state index is 12.4. The van der Waals surface area contributed by atoms with Crippen LogP contribution in [0, 0.1) is 6.92 Å². The van der Waals surface area contributed by atoms with E-state index >= 15 is 0 Å². The van der Waals surface area contributed by atoms with Crippen molar-refractivity contribution in [3.05, 3.63) is 34.4 Å². The first-order chi connectivity index (χ1) is 9.44. The Morgan fingerprint density at radius 2 is 2.10 bits per heavy atom. The van der Waals surface area contributed by atoms with Crippen LogP contribution in [0.4, 0.5) is 5.69 Å². The minimum Gasteiger partial charge on any atom is -0.278 e. The minimum atomic E-state index is -3.66. The van der Waals surface area contributed by atoms with Crippen LogP contribution in [0.15, 0.2) is 33.4 Å². The molecule has 0 aliphatic heterocycles. The molecule has 0 amide bonds. The lowest BCUT2D eigenvalue weighted by Gasteiger charge is -2.10. The van der Waals surface area contributed by atoms with Crippen molar-refractivity contribution in [3.63, 3.8) is 0 Å². The summed E-state index contributed by atoms with van der Waals surface area (Å²) in [6.07, 6.45) is 0. The number of sulfonamides is 1. The van der Waals surface area contributed by atoms with Gasteiger partial charge in [0.25, 0.3) is 10.0 Å². The minimum absolute atomic E-state index is 0.152. The molecule has 0 saturated carbocycles. The van der Waals surface area contributed by atoms with Gasteiger partial charge in [-0.2, -0.15) is 0 Å². The fraction of sp³-hybridized carbons (Fsp3) is 0.250. The van der Waals surface area contributed by atoms with Crippen molar-refractivity contribution in [2.24, 2.45) is 0 Å². The standard InChI is InChI=1S/C12H13ClN2O2S3/c1-3-18-10-7-5-4-6-9(10)15-20(16,17)11-8(2)14-12(13)19-11/h4-7,15H,3H2,1-2H3. The summed E-state index contributed by atoms with van der Waals surface area (Å²) in [4.78, 5) is 4.83. The molecule has 0 aliphatic rings. The molecule has 0 bridgehead atoms. The zero-order chi connectivity index (χ0) is 14.8. The second-order valence-corrected chi connectivity index (χ2v) is 8.64. The molecule has 0 radical (unpaired) electrons. The van der Waals surface area contributed by atoms with Crippen LogP contribution in [-0.2, 0) is 10.0 Å². The molecule has 0 atom stereocenters. The van der Waals surface area contributed by atoms with Crippen LogP contribution < -0.4 is 4.72 Å². The van der Waals surface area contributed by atoms with E-state index in [1.165, 1.54) is 0 Å². The smallest absolute Gasteiger partial charge is 0.273 e. The molecule has 2 rings (SSSR count). The van der Waals surface area contributed by atoms with E-state index < -0.39 is 10.0 Å². The number of aromatic nitrogens is 1. The van der Waals surface area contributed by atoms with E-state index in [4.69, 9.17) is 11.6 Å². The summed E-state index contributed by atoms with van der Waals surface area (Å²) in [5, 5.41) is 0. The molecule has 0 saturated heterocycles. The number of para-hydroxylation sites is 1. The quantitative estimate of drug-likeness (QED) is 0.829. The van der Waals surface area contributed by atoms with Gasteiger partial charge in [-0.1, -0.05) is 42.0 Å². The number of hydrogen-bond acceptors (Lipinski definition) is 5. The lowest BCUT2D eigenvalue weighted by atomic mass is 10.3. The number of benzene rings is 1. The zero-order valence-corrected chi connectivity index (χ0v) is 14.1. The number of anilines is 1. The molecule has 4 nitrogen and oxygen atoms in total. The summed E-state index contributed by atoms with van der Waals surface area (Å²) in [5.74, 6) is 0.865. The normalized spacial score (nSPS) is 11.6. The summed E-state index contributed by atoms with van der Waals surface area (Å²) in [7, 11) is -3.66. The number of thioether (sulfide) groups is 1. The molecule has 108 valence electrons. The Morgan fingerprint density at radius 1 is 1.40 bits per heavy atom. The lowest BCUT2D eigenvalue weighted by Crippen LogP contribution is -2.13. The number of nitrogens with zero attached hydrogens (tertiary/aromatic N) is 1. The Labute approximate surface area is 131 Å². The van der Waals surface area contributed by atoms with E-state index in [2.05, 4.69) is 9.71 Å². The van der Waals surface area contributed by atoms with Crippen molar-refractivity contribution < 1.29 is 8.42 Å². The first-order valence-electron chi connectivity index (χ1n) is 5.81. The SMILES string of the molecule is CCSc1ccccc1NS(=O)(=O)c1sc(Cl)nc1C. The third kappa shape index (κ3) is 3.46. The molecule has 2 aromatic rings. The molecule has 1 N–H and O–H groups in total. The number of rotatable bonds is 5. The van der Waals surface area contributed by atoms with E-state index in [-0.39, 0.29) is 8.68 Å². The molecule has 1 aromatic heterocycles. The average molecular weight is 349 g/mol. The van der Waals surface area contributed by atoms with Crippen molar-refractivity contribution in [3.8, 4) is 0 Å². The number of halogens is 1. The van der Waals surface area contributed by atoms with Gasteiger partial charge in [-0.05, 0) is 24.8 Å². The van der Waals surface area contributed by atoms with Crippen LogP contribution >= 0.6 is 34.7 Å². The summed E-state index contributed by atoms with van der Waals surface area (Å²) in [5.41, 5.74) is 0.983. The van der Waals surface area contributed by atoms with Gasteiger partial charge in [-0.3, -0.25) is 4.72 Å². The third-order valence-electron chi connectivity index (χ3n) is 2.40. The van der Waals surface area contributed by atoms with Gasteiger partial charge in [0.2, 0.25) is 0 Å². The predicted octanol–water partition coefficient (Wildman–Crippen LogP) is 4.02. The highest BCUT2D eigenvalue weighted by molar-refractivity contribution is 7.99. The number of aryl methyl sites for hydroxylation is 1. The average Bonchev–Trinajstić information content (AvgIpc) is 2.72. The van der Waals surface area contributed by atoms with E-state index in [9.17, 15) is 8.42 Å². The molecule has 0 fully saturated rings. The Kier molecular flexibility index (Phi) is 4.95. The summed E-state index contributed by atoms with van der Waals surface area (Å²) >= 11 is 8.31. The van der Waals surface area contributed by atoms with Crippen LogP contribution in [0.2, 0.25) is 4.47 Å². The van der Waals surface area contributed by atoms with Crippen LogP contribution in [0.1, 0.15) is 12.6 Å². The maximum Gasteiger partial charge on any atom is 0.273 e. The summed E-state index contributed by atoms with van der Waals surface area (Å²) in [6, 6.07) is 7.31. The van der Waals surface area contributed by atoms with E-state index in [0.717, 1.165) is 22.0 Å². The van der Waals surface area contributed by atoms with E-state index in [0.29, 0.717) is 11.4 Å². The van der Waals surface area contributed by atoms with Gasteiger partial charge in [0.15, 0.2) is 8.68 Å². The van der Waals surface area contributed by atoms with Crippen LogP contribution in [0.5, 0.6) is 0 Å². The van der Waals surface area contributed by atoms with Crippen LogP contribution in [0.25, 0.3) is 0 Å². The fourth-order valence-corrected chi connectivity index (χ4v) is 5.27. The molecule has 0 spiro atoms. The highest BCUT2D eigenvalue weighted by Gasteiger charge is 2.22. The van der Waals surface area contributed by atoms with Gasteiger partial charge < -0.3 is 0 Å². The molecular weight excluding hydrogens is 336 g/mol. The predicted molar refractivity (Wildman–Crippen MR) is 85.5 cm³/mol. The highest BCUT2D eigenvalue weighted by atomic mass is 35.5. The highest BCUT2D eigenvalue weighted by Crippen LogP contribution is 2.32. The second-order valence-electron chi connectivity index (χ2n) is 3.87. The molecule has 1 aromatic carbocycles. The monoisotopic (exact) mass is 348 g/mol. The Hall–Kier alpha value is -0.760. The molecule has 0 unspecified atom stereocenters. The molecule has 20 heavy (non-hydrogen) atoms. The van der Waals surface area contributed by atoms with Gasteiger partial charge in [0.1, 0.15) is 0 Å². The Balaban J connectivity index is 2.36. The van der Waals surface area contributed by atoms with E-state index in [1.807, 2.05) is 19.1 Å². The molecule has 8 heteroatoms. The van der Waals surface area contributed by atoms with Gasteiger partial charge in [-0.15, -0.1) is 11.8 Å². The first-order valence-corrected chi connectivity index (χ1v) is 9.48. The first kappa shape index (κ1) is 15.6. The Morgan fingerprint density at radius 3 is 2.70 bits per heavy atom. The molecule has 1 heterocycles. The maximum absolute atomic E-state index is 12.4. The molecular formula is C12H13ClN2O2S3. The summed E-state index contributed by atoms with van der Waals surface area (Å²) < 4.78 is 27.7. The van der Waals surface area contributed by atoms with Crippen molar-refractivity contribution in [2.75, 3.05) is 10.5 Å². The van der Waals surface area contributed by atoms with Crippen LogP contribution in [0.3, 0.4) is 0 Å². The van der Waals surface area contributed by atoms with Crippen molar-refractivity contribution in [2.45, 2.75) is 23.0 Å². The van der Waals surface area contributed by atoms with Crippen molar-refractivity contribution in [1.82, 2.24) is 4.98 Å². The van der Waals surface area contributed by atoms with Gasteiger partial charge in [0, 0.05) is 4.90 Å². The number of hydrogen-bond donors (Lipinski definition) is 1. The van der Waals surface area contributed by atoms with Crippen LogP contribution in [-0.4, -0.2) is 19.2 Å². The lowest BCUT2D eigenvalue weighted by molar-refractivity contribution is 0.602. The topological polar surface area (TPSA) is 59.1 Å². The van der Waals surface area contributed by atoms with Crippen molar-refractivity contribution in [1.29, 1.82) is 0 Å². The molecule has 0 aliphatic carbocycles. The summed E-state index contributed by atoms with van der Waals surface area (Å²) in [6.45, 7) is 3.65. The van der Waals surface area contributed by atoms with Gasteiger partial charge >= 0.3 is 0 Å².